The second-order valence-electron chi connectivity index (χ2n) is 9.85. The van der Waals surface area contributed by atoms with Gasteiger partial charge in [-0.3, -0.25) is 19.2 Å². The maximum absolute atomic E-state index is 13.7. The van der Waals surface area contributed by atoms with Crippen molar-refractivity contribution in [1.82, 2.24) is 5.32 Å². The molecule has 1 amide bonds. The van der Waals surface area contributed by atoms with Gasteiger partial charge in [-0.25, -0.2) is 0 Å². The molecule has 7 nitrogen and oxygen atoms in total. The van der Waals surface area contributed by atoms with Crippen LogP contribution in [0, 0.1) is 0 Å². The molecule has 0 aromatic heterocycles. The van der Waals surface area contributed by atoms with Gasteiger partial charge in [-0.05, 0) is 84.9 Å². The first-order valence-electron chi connectivity index (χ1n) is 13.6. The van der Waals surface area contributed by atoms with E-state index in [0.29, 0.717) is 5.56 Å². The second kappa shape index (κ2) is 13.8. The first-order chi connectivity index (χ1) is 20.5. The molecule has 0 saturated heterocycles. The van der Waals surface area contributed by atoms with E-state index in [-0.39, 0.29) is 35.2 Å². The largest absolute Gasteiger partial charge is 0.573 e. The van der Waals surface area contributed by atoms with Crippen molar-refractivity contribution in [3.63, 3.8) is 0 Å². The Balaban J connectivity index is 1.62. The number of carboxylic acids is 1. The molecule has 0 bridgehead atoms. The van der Waals surface area contributed by atoms with Crippen molar-refractivity contribution in [3.8, 4) is 5.75 Å². The van der Waals surface area contributed by atoms with Crippen LogP contribution in [0.25, 0.3) is 11.1 Å². The fourth-order valence-electron chi connectivity index (χ4n) is 4.59. The number of allylic oxidation sites excluding steroid dienone is 4. The number of Topliss-reactive ketones (excluding diaryl/α,β-unsaturated/α-hetero) is 1. The summed E-state index contributed by atoms with van der Waals surface area (Å²) >= 11 is 0. The van der Waals surface area contributed by atoms with Gasteiger partial charge in [0.2, 0.25) is 0 Å². The zero-order chi connectivity index (χ0) is 31.0. The highest BCUT2D eigenvalue weighted by atomic mass is 19.4. The molecule has 3 aromatic carbocycles. The van der Waals surface area contributed by atoms with Crippen LogP contribution in [0.2, 0.25) is 0 Å². The lowest BCUT2D eigenvalue weighted by Crippen LogP contribution is -2.26. The number of hydrogen-bond donors (Lipinski definition) is 2. The number of hydrogen-bond acceptors (Lipinski definition) is 5. The normalized spacial score (nSPS) is 13.6. The van der Waals surface area contributed by atoms with Crippen LogP contribution in [0.4, 0.5) is 13.2 Å². The number of ketones is 2. The molecule has 3 aromatic rings. The monoisotopic (exact) mass is 591 g/mol. The number of halogens is 3. The van der Waals surface area contributed by atoms with Crippen LogP contribution in [0.5, 0.6) is 5.75 Å². The molecule has 2 N–H and O–H groups in total. The molecule has 43 heavy (non-hydrogen) atoms. The highest BCUT2D eigenvalue weighted by Gasteiger charge is 2.31. The van der Waals surface area contributed by atoms with Crippen LogP contribution in [0.1, 0.15) is 74.3 Å². The molecular weight excluding hydrogens is 563 g/mol. The van der Waals surface area contributed by atoms with E-state index in [9.17, 15) is 32.3 Å². The highest BCUT2D eigenvalue weighted by molar-refractivity contribution is 6.32. The fourth-order valence-corrected chi connectivity index (χ4v) is 4.59. The lowest BCUT2D eigenvalue weighted by Gasteiger charge is -2.14. The third-order valence-corrected chi connectivity index (χ3v) is 6.78. The molecule has 0 radical (unpaired) electrons. The van der Waals surface area contributed by atoms with E-state index >= 15 is 0 Å². The molecule has 0 aliphatic heterocycles. The maximum Gasteiger partial charge on any atom is 0.573 e. The average Bonchev–Trinajstić information content (AvgIpc) is 2.99. The van der Waals surface area contributed by atoms with E-state index in [1.54, 1.807) is 12.1 Å². The van der Waals surface area contributed by atoms with Crippen molar-refractivity contribution in [2.24, 2.45) is 0 Å². The van der Waals surface area contributed by atoms with Crippen LogP contribution in [-0.4, -0.2) is 41.5 Å². The van der Waals surface area contributed by atoms with E-state index in [2.05, 4.69) is 16.1 Å². The zero-order valence-corrected chi connectivity index (χ0v) is 22.9. The van der Waals surface area contributed by atoms with Crippen LogP contribution >= 0.6 is 0 Å². The summed E-state index contributed by atoms with van der Waals surface area (Å²) in [6, 6.07) is 17.3. The summed E-state index contributed by atoms with van der Waals surface area (Å²) in [5.74, 6) is -3.15. The zero-order valence-electron chi connectivity index (χ0n) is 22.9. The van der Waals surface area contributed by atoms with Crippen LogP contribution < -0.4 is 10.1 Å². The number of rotatable bonds is 11. The molecule has 0 spiro atoms. The van der Waals surface area contributed by atoms with Crippen molar-refractivity contribution in [2.45, 2.75) is 38.5 Å². The summed E-state index contributed by atoms with van der Waals surface area (Å²) < 4.78 is 41.4. The van der Waals surface area contributed by atoms with Crippen molar-refractivity contribution in [2.75, 3.05) is 6.54 Å². The number of carbonyl (C=O) groups is 4. The number of benzene rings is 3. The van der Waals surface area contributed by atoms with Crippen molar-refractivity contribution in [1.29, 1.82) is 0 Å². The van der Waals surface area contributed by atoms with Crippen molar-refractivity contribution >= 4 is 34.6 Å². The van der Waals surface area contributed by atoms with E-state index in [1.165, 1.54) is 42.0 Å². The number of ether oxygens (including phenoxy) is 1. The Morgan fingerprint density at radius 2 is 1.42 bits per heavy atom. The number of carbonyl (C=O) groups excluding carboxylic acids is 3. The molecule has 4 rings (SSSR count). The van der Waals surface area contributed by atoms with Gasteiger partial charge in [0.15, 0.2) is 11.6 Å². The minimum Gasteiger partial charge on any atom is -0.481 e. The molecule has 1 aliphatic rings. The van der Waals surface area contributed by atoms with Gasteiger partial charge in [0.05, 0.1) is 6.42 Å². The van der Waals surface area contributed by atoms with Gasteiger partial charge in [0.25, 0.3) is 5.91 Å². The standard InChI is InChI=1S/C33H28F3NO6/c34-33(35,36)43-27-16-14-24(15-17-27)29(38)20-28(23-8-6-22(7-9-23)21-4-2-1-3-5-21)31(41)25-10-12-26(13-11-25)32(42)37-19-18-30(39)40/h4,6-17,20H,1-3,5,18-19H2,(H,37,42)(H,39,40)/b28-20-. The first-order valence-corrected chi connectivity index (χ1v) is 13.6. The molecule has 10 heteroatoms. The number of carboxylic acid groups (broad SMARTS) is 1. The molecule has 0 unspecified atom stereocenters. The smallest absolute Gasteiger partial charge is 0.481 e. The summed E-state index contributed by atoms with van der Waals surface area (Å²) in [6.45, 7) is -0.0555. The minimum atomic E-state index is -4.88. The average molecular weight is 592 g/mol. The van der Waals surface area contributed by atoms with E-state index < -0.39 is 35.6 Å². The predicted molar refractivity (Wildman–Crippen MR) is 154 cm³/mol. The molecule has 1 aliphatic carbocycles. The Morgan fingerprint density at radius 1 is 0.814 bits per heavy atom. The van der Waals surface area contributed by atoms with Gasteiger partial charge < -0.3 is 15.2 Å². The predicted octanol–water partition coefficient (Wildman–Crippen LogP) is 6.90. The molecule has 0 heterocycles. The summed E-state index contributed by atoms with van der Waals surface area (Å²) in [5.41, 5.74) is 3.21. The van der Waals surface area contributed by atoms with Crippen LogP contribution in [0.3, 0.4) is 0 Å². The fraction of sp³-hybridized carbons (Fsp3) is 0.212. The van der Waals surface area contributed by atoms with E-state index in [4.69, 9.17) is 5.11 Å². The van der Waals surface area contributed by atoms with Gasteiger partial charge in [-0.1, -0.05) is 42.5 Å². The Bertz CT molecular complexity index is 1550. The molecule has 0 fully saturated rings. The summed E-state index contributed by atoms with van der Waals surface area (Å²) in [7, 11) is 0. The molecule has 0 atom stereocenters. The summed E-state index contributed by atoms with van der Waals surface area (Å²) in [6.07, 6.45) is 2.39. The lowest BCUT2D eigenvalue weighted by molar-refractivity contribution is -0.274. The SMILES string of the molecule is O=C(O)CCNC(=O)c1ccc(C(=O)/C(=C\C(=O)c2ccc(OC(F)(F)F)cc2)c2ccc(C3=CCCCC3)cc2)cc1. The van der Waals surface area contributed by atoms with Gasteiger partial charge in [-0.2, -0.15) is 0 Å². The summed E-state index contributed by atoms with van der Waals surface area (Å²) in [5, 5.41) is 11.2. The topological polar surface area (TPSA) is 110 Å². The number of alkyl halides is 3. The first kappa shape index (κ1) is 31.0. The van der Waals surface area contributed by atoms with Crippen LogP contribution in [0.15, 0.2) is 84.9 Å². The van der Waals surface area contributed by atoms with Gasteiger partial charge >= 0.3 is 12.3 Å². The molecule has 0 saturated carbocycles. The quantitative estimate of drug-likeness (QED) is 0.186. The second-order valence-corrected chi connectivity index (χ2v) is 9.85. The molecule has 222 valence electrons. The van der Waals surface area contributed by atoms with Crippen molar-refractivity contribution < 1.29 is 42.2 Å². The molecular formula is C33H28F3NO6. The third kappa shape index (κ3) is 8.75. The van der Waals surface area contributed by atoms with E-state index in [0.717, 1.165) is 49.5 Å². The van der Waals surface area contributed by atoms with E-state index in [1.807, 2.05) is 12.1 Å². The van der Waals surface area contributed by atoms with Gasteiger partial charge in [0.1, 0.15) is 5.75 Å². The Kier molecular flexibility index (Phi) is 9.92. The Labute approximate surface area is 245 Å². The van der Waals surface area contributed by atoms with Gasteiger partial charge in [0, 0.05) is 28.8 Å². The number of nitrogens with one attached hydrogen (secondary N) is 1. The third-order valence-electron chi connectivity index (χ3n) is 6.78. The van der Waals surface area contributed by atoms with Crippen LogP contribution in [-0.2, 0) is 4.79 Å². The Hall–Kier alpha value is -4.99. The highest BCUT2D eigenvalue weighted by Crippen LogP contribution is 2.29. The lowest BCUT2D eigenvalue weighted by atomic mass is 9.90. The minimum absolute atomic E-state index is 0.0529. The number of amides is 1. The van der Waals surface area contributed by atoms with Gasteiger partial charge in [-0.15, -0.1) is 13.2 Å². The van der Waals surface area contributed by atoms with Crippen molar-refractivity contribution in [3.05, 3.63) is 113 Å². The Morgan fingerprint density at radius 3 is 2.00 bits per heavy atom. The number of aliphatic carboxylic acids is 1. The maximum atomic E-state index is 13.7. The summed E-state index contributed by atoms with van der Waals surface area (Å²) in [4.78, 5) is 49.9.